The number of hydrogen-bond acceptors (Lipinski definition) is 4. The van der Waals surface area contributed by atoms with E-state index in [0.717, 1.165) is 18.5 Å². The van der Waals surface area contributed by atoms with Gasteiger partial charge in [0, 0.05) is 24.0 Å². The highest BCUT2D eigenvalue weighted by Gasteiger charge is 2.24. The molecule has 25 heavy (non-hydrogen) atoms. The Morgan fingerprint density at radius 2 is 2.04 bits per heavy atom. The molecule has 1 aromatic rings. The molecule has 0 bridgehead atoms. The van der Waals surface area contributed by atoms with Gasteiger partial charge in [0.05, 0.1) is 12.8 Å². The van der Waals surface area contributed by atoms with Crippen LogP contribution in [-0.4, -0.2) is 32.1 Å². The molecule has 5 nitrogen and oxygen atoms in total. The first kappa shape index (κ1) is 24.1. The summed E-state index contributed by atoms with van der Waals surface area (Å²) in [5.41, 5.74) is 6.60. The molecule has 0 saturated heterocycles. The van der Waals surface area contributed by atoms with Crippen molar-refractivity contribution in [3.8, 4) is 5.75 Å². The number of carbonyl (C=O) groups is 1. The van der Waals surface area contributed by atoms with E-state index in [4.69, 9.17) is 22.1 Å². The lowest BCUT2D eigenvalue weighted by Crippen LogP contribution is -2.45. The van der Waals surface area contributed by atoms with E-state index in [0.29, 0.717) is 36.2 Å². The Balaban J connectivity index is 0.00000288. The Kier molecular flexibility index (Phi) is 12.0. The summed E-state index contributed by atoms with van der Waals surface area (Å²) in [7, 11) is 1.61. The molecular weight excluding hydrogens is 385 g/mol. The van der Waals surface area contributed by atoms with Gasteiger partial charge in [0.1, 0.15) is 5.75 Å². The normalized spacial score (nSPS) is 19.2. The topological polar surface area (TPSA) is 76.4 Å². The van der Waals surface area contributed by atoms with Crippen LogP contribution < -0.4 is 21.1 Å². The van der Waals surface area contributed by atoms with Crippen LogP contribution in [0, 0.1) is 5.92 Å². The van der Waals surface area contributed by atoms with Crippen LogP contribution in [-0.2, 0) is 4.79 Å². The lowest BCUT2D eigenvalue weighted by molar-refractivity contribution is -0.122. The number of benzene rings is 1. The Morgan fingerprint density at radius 1 is 1.32 bits per heavy atom. The second kappa shape index (κ2) is 12.5. The van der Waals surface area contributed by atoms with E-state index < -0.39 is 0 Å². The van der Waals surface area contributed by atoms with Crippen molar-refractivity contribution in [2.24, 2.45) is 11.7 Å². The van der Waals surface area contributed by atoms with Gasteiger partial charge in [0.2, 0.25) is 5.91 Å². The lowest BCUT2D eigenvalue weighted by Gasteiger charge is -2.31. The van der Waals surface area contributed by atoms with Crippen LogP contribution in [0.15, 0.2) is 18.2 Å². The molecule has 0 spiro atoms. The fraction of sp³-hybridized carbons (Fsp3) is 0.588. The van der Waals surface area contributed by atoms with Crippen molar-refractivity contribution in [3.05, 3.63) is 23.2 Å². The zero-order chi connectivity index (χ0) is 16.7. The Labute approximate surface area is 167 Å². The molecule has 2 rings (SSSR count). The maximum atomic E-state index is 12.1. The number of hydrogen-bond donors (Lipinski definition) is 3. The number of methoxy groups -OCH3 is 1. The summed E-state index contributed by atoms with van der Waals surface area (Å²) in [5, 5.41) is 6.96. The predicted octanol–water partition coefficient (Wildman–Crippen LogP) is 3.63. The van der Waals surface area contributed by atoms with E-state index in [1.165, 1.54) is 12.8 Å². The summed E-state index contributed by atoms with van der Waals surface area (Å²) in [4.78, 5) is 12.1. The van der Waals surface area contributed by atoms with Crippen LogP contribution >= 0.6 is 36.4 Å². The molecule has 8 heteroatoms. The number of amides is 1. The molecule has 2 atom stereocenters. The zero-order valence-electron chi connectivity index (χ0n) is 14.4. The molecule has 1 amide bonds. The molecule has 1 aliphatic rings. The predicted molar refractivity (Wildman–Crippen MR) is 109 cm³/mol. The molecule has 1 aliphatic carbocycles. The highest BCUT2D eigenvalue weighted by Crippen LogP contribution is 2.27. The van der Waals surface area contributed by atoms with Gasteiger partial charge in [0.25, 0.3) is 0 Å². The molecular formula is C17H28Cl3N3O2. The van der Waals surface area contributed by atoms with Crippen LogP contribution in [0.4, 0.5) is 5.69 Å². The van der Waals surface area contributed by atoms with Crippen molar-refractivity contribution in [2.45, 2.75) is 38.1 Å². The first-order valence-corrected chi connectivity index (χ1v) is 8.58. The van der Waals surface area contributed by atoms with Crippen LogP contribution in [0.25, 0.3) is 0 Å². The molecule has 144 valence electrons. The molecule has 0 aliphatic heterocycles. The molecule has 1 saturated carbocycles. The fourth-order valence-electron chi connectivity index (χ4n) is 3.09. The molecule has 0 heterocycles. The quantitative estimate of drug-likeness (QED) is 0.639. The number of nitrogens with two attached hydrogens (primary N) is 1. The summed E-state index contributed by atoms with van der Waals surface area (Å²) in [5.74, 6) is 1.18. The third-order valence-electron chi connectivity index (χ3n) is 4.39. The van der Waals surface area contributed by atoms with E-state index in [-0.39, 0.29) is 36.8 Å². The number of nitrogens with one attached hydrogen (secondary N) is 2. The summed E-state index contributed by atoms with van der Waals surface area (Å²) < 4.78 is 5.27. The molecule has 4 N–H and O–H groups in total. The number of rotatable bonds is 7. The second-order valence-electron chi connectivity index (χ2n) is 5.98. The van der Waals surface area contributed by atoms with E-state index in [1.807, 2.05) is 0 Å². The van der Waals surface area contributed by atoms with Crippen LogP contribution in [0.1, 0.15) is 32.1 Å². The summed E-state index contributed by atoms with van der Waals surface area (Å²) in [6.45, 7) is 1.17. The van der Waals surface area contributed by atoms with Gasteiger partial charge in [-0.1, -0.05) is 24.4 Å². The van der Waals surface area contributed by atoms with E-state index in [9.17, 15) is 4.79 Å². The first-order valence-electron chi connectivity index (χ1n) is 8.21. The second-order valence-corrected chi connectivity index (χ2v) is 6.41. The average molecular weight is 413 g/mol. The van der Waals surface area contributed by atoms with Gasteiger partial charge < -0.3 is 21.1 Å². The Hall–Kier alpha value is -0.880. The number of carbonyl (C=O) groups excluding carboxylic acids is 1. The van der Waals surface area contributed by atoms with Gasteiger partial charge in [-0.3, -0.25) is 4.79 Å². The van der Waals surface area contributed by atoms with Gasteiger partial charge in [-0.05, 0) is 43.5 Å². The maximum absolute atomic E-state index is 12.1. The van der Waals surface area contributed by atoms with Crippen LogP contribution in [0.5, 0.6) is 5.75 Å². The summed E-state index contributed by atoms with van der Waals surface area (Å²) in [6, 6.07) is 5.60. The maximum Gasteiger partial charge on any atom is 0.221 e. The van der Waals surface area contributed by atoms with Crippen molar-refractivity contribution in [2.75, 3.05) is 25.5 Å². The van der Waals surface area contributed by atoms with Crippen molar-refractivity contribution in [1.29, 1.82) is 0 Å². The number of halogens is 3. The minimum atomic E-state index is 0. The van der Waals surface area contributed by atoms with Gasteiger partial charge in [-0.15, -0.1) is 24.8 Å². The van der Waals surface area contributed by atoms with Gasteiger partial charge in [-0.25, -0.2) is 0 Å². The fourth-order valence-corrected chi connectivity index (χ4v) is 3.26. The van der Waals surface area contributed by atoms with Crippen molar-refractivity contribution >= 4 is 48.0 Å². The van der Waals surface area contributed by atoms with Gasteiger partial charge in [0.15, 0.2) is 0 Å². The van der Waals surface area contributed by atoms with Crippen LogP contribution in [0.2, 0.25) is 5.02 Å². The Bertz CT molecular complexity index is 532. The SMILES string of the molecule is COc1ccc(Cl)cc1NCCC(=O)NC1CCCCC1CN.Cl.Cl. The Morgan fingerprint density at radius 3 is 2.72 bits per heavy atom. The summed E-state index contributed by atoms with van der Waals surface area (Å²) >= 11 is 5.99. The first-order chi connectivity index (χ1) is 11.1. The third kappa shape index (κ3) is 7.48. The molecule has 0 radical (unpaired) electrons. The van der Waals surface area contributed by atoms with E-state index in [2.05, 4.69) is 10.6 Å². The van der Waals surface area contributed by atoms with Crippen molar-refractivity contribution in [3.63, 3.8) is 0 Å². The highest BCUT2D eigenvalue weighted by molar-refractivity contribution is 6.30. The number of anilines is 1. The minimum absolute atomic E-state index is 0. The highest BCUT2D eigenvalue weighted by atomic mass is 35.5. The standard InChI is InChI=1S/C17H26ClN3O2.2ClH/c1-23-16-7-6-13(18)10-15(16)20-9-8-17(22)21-14-5-3-2-4-12(14)11-19;;/h6-7,10,12,14,20H,2-5,8-9,11,19H2,1H3,(H,21,22);2*1H. The van der Waals surface area contributed by atoms with Crippen molar-refractivity contribution < 1.29 is 9.53 Å². The monoisotopic (exact) mass is 411 g/mol. The minimum Gasteiger partial charge on any atom is -0.495 e. The van der Waals surface area contributed by atoms with E-state index in [1.54, 1.807) is 25.3 Å². The van der Waals surface area contributed by atoms with Crippen LogP contribution in [0.3, 0.4) is 0 Å². The van der Waals surface area contributed by atoms with Crippen molar-refractivity contribution in [1.82, 2.24) is 5.32 Å². The largest absolute Gasteiger partial charge is 0.495 e. The van der Waals surface area contributed by atoms with E-state index >= 15 is 0 Å². The van der Waals surface area contributed by atoms with Gasteiger partial charge >= 0.3 is 0 Å². The molecule has 1 aromatic carbocycles. The third-order valence-corrected chi connectivity index (χ3v) is 4.62. The number of ether oxygens (including phenoxy) is 1. The van der Waals surface area contributed by atoms with Gasteiger partial charge in [-0.2, -0.15) is 0 Å². The summed E-state index contributed by atoms with van der Waals surface area (Å²) in [6.07, 6.45) is 4.93. The zero-order valence-corrected chi connectivity index (χ0v) is 16.8. The molecule has 1 fully saturated rings. The average Bonchev–Trinajstić information content (AvgIpc) is 2.55. The molecule has 0 aromatic heterocycles. The molecule has 2 unspecified atom stereocenters. The lowest BCUT2D eigenvalue weighted by atomic mass is 9.84. The smallest absolute Gasteiger partial charge is 0.221 e.